The van der Waals surface area contributed by atoms with E-state index in [-0.39, 0.29) is 11.2 Å². The Balaban J connectivity index is 1.67. The van der Waals surface area contributed by atoms with Gasteiger partial charge in [-0.2, -0.15) is 0 Å². The van der Waals surface area contributed by atoms with Crippen LogP contribution < -0.4 is 5.32 Å². The number of thiazole rings is 1. The summed E-state index contributed by atoms with van der Waals surface area (Å²) in [5, 5.41) is 9.01. The largest absolute Gasteiger partial charge is 0.338 e. The summed E-state index contributed by atoms with van der Waals surface area (Å²) in [5.74, 6) is 0.754. The van der Waals surface area contributed by atoms with Gasteiger partial charge in [-0.15, -0.1) is 5.10 Å². The number of carbonyl (C=O) groups is 1. The molecule has 1 N–H and O–H groups in total. The topological polar surface area (TPSA) is 59.8 Å². The summed E-state index contributed by atoms with van der Waals surface area (Å²) in [4.78, 5) is 17.9. The van der Waals surface area contributed by atoms with Crippen LogP contribution in [0.5, 0.6) is 0 Å². The zero-order valence-electron chi connectivity index (χ0n) is 16.7. The van der Waals surface area contributed by atoms with Crippen molar-refractivity contribution in [2.24, 2.45) is 5.41 Å². The van der Waals surface area contributed by atoms with Crippen LogP contribution >= 0.6 is 11.3 Å². The number of carbonyl (C=O) groups excluding carboxylic acids is 1. The molecule has 4 aromatic rings. The third-order valence-electron chi connectivity index (χ3n) is 5.29. The van der Waals surface area contributed by atoms with Gasteiger partial charge in [0.1, 0.15) is 0 Å². The molecule has 0 unspecified atom stereocenters. The van der Waals surface area contributed by atoms with Crippen molar-refractivity contribution in [2.75, 3.05) is 5.32 Å². The fourth-order valence-corrected chi connectivity index (χ4v) is 4.95. The number of fused-ring (bicyclic) bond motifs is 2. The zero-order chi connectivity index (χ0) is 20.2. The maximum atomic E-state index is 13.1. The molecule has 0 fully saturated rings. The second-order valence-electron chi connectivity index (χ2n) is 8.48. The molecule has 0 amide bonds. The van der Waals surface area contributed by atoms with E-state index < -0.39 is 0 Å². The van der Waals surface area contributed by atoms with Gasteiger partial charge < -0.3 is 5.32 Å². The lowest BCUT2D eigenvalue weighted by Gasteiger charge is -2.28. The van der Waals surface area contributed by atoms with Crippen molar-refractivity contribution in [2.45, 2.75) is 33.6 Å². The van der Waals surface area contributed by atoms with Crippen molar-refractivity contribution in [3.05, 3.63) is 65.4 Å². The Hall–Kier alpha value is -2.99. The van der Waals surface area contributed by atoms with E-state index in [9.17, 15) is 4.79 Å². The van der Waals surface area contributed by atoms with E-state index in [0.717, 1.165) is 38.7 Å². The SMILES string of the molecule is Cc1cccc(Nc2nn(-c3nc4ccccc4s3)c3c2C(=O)CC(C)(C)C3)c1. The lowest BCUT2D eigenvalue weighted by Crippen LogP contribution is -2.28. The molecule has 0 bridgehead atoms. The number of nitrogens with zero attached hydrogens (tertiary/aromatic N) is 3. The first-order valence-electron chi connectivity index (χ1n) is 9.74. The van der Waals surface area contributed by atoms with Gasteiger partial charge in [0.25, 0.3) is 0 Å². The smallest absolute Gasteiger partial charge is 0.211 e. The summed E-state index contributed by atoms with van der Waals surface area (Å²) in [6, 6.07) is 16.2. The van der Waals surface area contributed by atoms with Gasteiger partial charge in [-0.05, 0) is 48.6 Å². The molecule has 0 radical (unpaired) electrons. The molecule has 0 aliphatic heterocycles. The molecule has 1 aliphatic rings. The number of Topliss-reactive ketones (excluding diaryl/α,β-unsaturated/α-hetero) is 1. The van der Waals surface area contributed by atoms with E-state index in [1.54, 1.807) is 11.3 Å². The quantitative estimate of drug-likeness (QED) is 0.478. The van der Waals surface area contributed by atoms with E-state index >= 15 is 0 Å². The Morgan fingerprint density at radius 2 is 1.93 bits per heavy atom. The first kappa shape index (κ1) is 18.1. The molecular formula is C23H22N4OS. The van der Waals surface area contributed by atoms with Crippen molar-refractivity contribution in [1.29, 1.82) is 0 Å². The number of benzene rings is 2. The molecule has 6 heteroatoms. The van der Waals surface area contributed by atoms with Crippen LogP contribution in [0.3, 0.4) is 0 Å². The van der Waals surface area contributed by atoms with Gasteiger partial charge in [0.15, 0.2) is 11.6 Å². The van der Waals surface area contributed by atoms with Gasteiger partial charge in [-0.3, -0.25) is 4.79 Å². The minimum absolute atomic E-state index is 0.0981. The highest BCUT2D eigenvalue weighted by atomic mass is 32.1. The van der Waals surface area contributed by atoms with Crippen LogP contribution in [0.15, 0.2) is 48.5 Å². The van der Waals surface area contributed by atoms with Crippen LogP contribution in [-0.4, -0.2) is 20.5 Å². The first-order chi connectivity index (χ1) is 13.9. The summed E-state index contributed by atoms with van der Waals surface area (Å²) >= 11 is 1.60. The molecule has 1 aliphatic carbocycles. The summed E-state index contributed by atoms with van der Waals surface area (Å²) in [5.41, 5.74) is 4.58. The molecule has 0 saturated carbocycles. The number of hydrogen-bond donors (Lipinski definition) is 1. The molecule has 5 rings (SSSR count). The molecule has 2 aromatic carbocycles. The fourth-order valence-electron chi connectivity index (χ4n) is 4.00. The third kappa shape index (κ3) is 3.23. The second-order valence-corrected chi connectivity index (χ2v) is 9.49. The van der Waals surface area contributed by atoms with Gasteiger partial charge in [0.05, 0.1) is 21.5 Å². The fraction of sp³-hybridized carbons (Fsp3) is 0.261. The Bertz CT molecular complexity index is 1220. The van der Waals surface area contributed by atoms with Crippen LogP contribution in [0.2, 0.25) is 0 Å². The third-order valence-corrected chi connectivity index (χ3v) is 6.30. The number of anilines is 2. The van der Waals surface area contributed by atoms with Crippen molar-refractivity contribution in [1.82, 2.24) is 14.8 Å². The van der Waals surface area contributed by atoms with Crippen molar-refractivity contribution in [3.63, 3.8) is 0 Å². The number of hydrogen-bond acceptors (Lipinski definition) is 5. The molecule has 146 valence electrons. The zero-order valence-corrected chi connectivity index (χ0v) is 17.5. The molecule has 0 saturated heterocycles. The minimum Gasteiger partial charge on any atom is -0.338 e. The summed E-state index contributed by atoms with van der Waals surface area (Å²) in [6.07, 6.45) is 1.31. The lowest BCUT2D eigenvalue weighted by atomic mass is 9.76. The van der Waals surface area contributed by atoms with Crippen LogP contribution in [0.25, 0.3) is 15.3 Å². The van der Waals surface area contributed by atoms with Gasteiger partial charge >= 0.3 is 0 Å². The number of nitrogens with one attached hydrogen (secondary N) is 1. The molecule has 0 atom stereocenters. The summed E-state index contributed by atoms with van der Waals surface area (Å²) in [7, 11) is 0. The van der Waals surface area contributed by atoms with E-state index in [4.69, 9.17) is 10.1 Å². The highest BCUT2D eigenvalue weighted by molar-refractivity contribution is 7.20. The van der Waals surface area contributed by atoms with Crippen molar-refractivity contribution in [3.8, 4) is 5.13 Å². The average Bonchev–Trinajstić information content (AvgIpc) is 3.22. The van der Waals surface area contributed by atoms with Crippen molar-refractivity contribution < 1.29 is 4.79 Å². The lowest BCUT2D eigenvalue weighted by molar-refractivity contribution is 0.0912. The Labute approximate surface area is 173 Å². The first-order valence-corrected chi connectivity index (χ1v) is 10.6. The van der Waals surface area contributed by atoms with Crippen LogP contribution in [0.4, 0.5) is 11.5 Å². The Kier molecular flexibility index (Phi) is 4.06. The summed E-state index contributed by atoms with van der Waals surface area (Å²) < 4.78 is 2.98. The number of ketones is 1. The normalized spacial score (nSPS) is 15.5. The van der Waals surface area contributed by atoms with Crippen molar-refractivity contribution >= 4 is 38.8 Å². The number of aryl methyl sites for hydroxylation is 1. The standard InChI is InChI=1S/C23H22N4OS/c1-14-7-6-8-15(11-14)24-21-20-17(12-23(2,3)13-18(20)28)27(26-21)22-25-16-9-4-5-10-19(16)29-22/h4-11H,12-13H2,1-3H3,(H,24,26). The van der Waals surface area contributed by atoms with Crippen LogP contribution in [0.1, 0.15) is 41.9 Å². The molecule has 2 aromatic heterocycles. The number of rotatable bonds is 3. The summed E-state index contributed by atoms with van der Waals surface area (Å²) in [6.45, 7) is 6.32. The highest BCUT2D eigenvalue weighted by Crippen LogP contribution is 2.40. The van der Waals surface area contributed by atoms with Gasteiger partial charge in [-0.25, -0.2) is 9.67 Å². The molecule has 0 spiro atoms. The minimum atomic E-state index is -0.0981. The maximum absolute atomic E-state index is 13.1. The van der Waals surface area contributed by atoms with Gasteiger partial charge in [-0.1, -0.05) is 49.4 Å². The van der Waals surface area contributed by atoms with Crippen LogP contribution in [0, 0.1) is 12.3 Å². The Morgan fingerprint density at radius 1 is 1.10 bits per heavy atom. The van der Waals surface area contributed by atoms with E-state index in [2.05, 4.69) is 31.3 Å². The van der Waals surface area contributed by atoms with Gasteiger partial charge in [0, 0.05) is 12.1 Å². The molecule has 5 nitrogen and oxygen atoms in total. The van der Waals surface area contributed by atoms with E-state index in [1.165, 1.54) is 0 Å². The van der Waals surface area contributed by atoms with E-state index in [1.807, 2.05) is 48.0 Å². The monoisotopic (exact) mass is 402 g/mol. The maximum Gasteiger partial charge on any atom is 0.211 e. The average molecular weight is 403 g/mol. The van der Waals surface area contributed by atoms with Crippen LogP contribution in [-0.2, 0) is 6.42 Å². The Morgan fingerprint density at radius 3 is 2.72 bits per heavy atom. The molecular weight excluding hydrogens is 380 g/mol. The predicted molar refractivity (Wildman–Crippen MR) is 118 cm³/mol. The second kappa shape index (κ2) is 6.52. The predicted octanol–water partition coefficient (Wildman–Crippen LogP) is 5.69. The number of aromatic nitrogens is 3. The highest BCUT2D eigenvalue weighted by Gasteiger charge is 2.37. The van der Waals surface area contributed by atoms with Gasteiger partial charge in [0.2, 0.25) is 5.13 Å². The molecule has 2 heterocycles. The van der Waals surface area contributed by atoms with E-state index in [0.29, 0.717) is 17.8 Å². The number of para-hydroxylation sites is 1. The molecule has 29 heavy (non-hydrogen) atoms.